The lowest BCUT2D eigenvalue weighted by Crippen LogP contribution is -2.35. The number of rotatable bonds is 3. The normalized spacial score (nSPS) is 15.5. The number of nitrogens with zero attached hydrogens (tertiary/aromatic N) is 3. The van der Waals surface area contributed by atoms with Crippen molar-refractivity contribution in [1.82, 2.24) is 9.88 Å². The van der Waals surface area contributed by atoms with Gasteiger partial charge < -0.3 is 4.90 Å². The molecule has 6 nitrogen and oxygen atoms in total. The van der Waals surface area contributed by atoms with E-state index in [0.29, 0.717) is 0 Å². The highest BCUT2D eigenvalue weighted by molar-refractivity contribution is 6.32. The molecule has 0 aromatic carbocycles. The molecule has 1 amide bonds. The third kappa shape index (κ3) is 2.68. The molecule has 0 N–H and O–H groups in total. The van der Waals surface area contributed by atoms with E-state index in [9.17, 15) is 14.9 Å². The zero-order chi connectivity index (χ0) is 14.0. The number of aromatic nitrogens is 1. The Hall–Kier alpha value is -1.69. The lowest BCUT2D eigenvalue weighted by Gasteiger charge is -2.24. The monoisotopic (exact) mass is 283 g/mol. The summed E-state index contributed by atoms with van der Waals surface area (Å²) in [6, 6.07) is 1.50. The van der Waals surface area contributed by atoms with Crippen molar-refractivity contribution in [1.29, 1.82) is 0 Å². The van der Waals surface area contributed by atoms with Gasteiger partial charge in [0.05, 0.1) is 4.92 Å². The van der Waals surface area contributed by atoms with E-state index in [1.54, 1.807) is 11.9 Å². The summed E-state index contributed by atoms with van der Waals surface area (Å²) in [7, 11) is 1.68. The second-order valence-corrected chi connectivity index (χ2v) is 4.97. The summed E-state index contributed by atoms with van der Waals surface area (Å²) in [5.74, 6) is -0.372. The first-order valence-corrected chi connectivity index (χ1v) is 6.46. The van der Waals surface area contributed by atoms with E-state index < -0.39 is 10.6 Å². The Morgan fingerprint density at radius 3 is 2.74 bits per heavy atom. The van der Waals surface area contributed by atoms with Crippen molar-refractivity contribution in [3.05, 3.63) is 33.1 Å². The summed E-state index contributed by atoms with van der Waals surface area (Å²) in [5.41, 5.74) is -0.418. The molecule has 0 unspecified atom stereocenters. The largest absolute Gasteiger partial charge is 0.339 e. The van der Waals surface area contributed by atoms with Crippen molar-refractivity contribution in [2.45, 2.75) is 31.7 Å². The van der Waals surface area contributed by atoms with Crippen molar-refractivity contribution < 1.29 is 9.72 Å². The van der Waals surface area contributed by atoms with Gasteiger partial charge in [-0.1, -0.05) is 24.4 Å². The average molecular weight is 284 g/mol. The predicted molar refractivity (Wildman–Crippen MR) is 70.3 cm³/mol. The van der Waals surface area contributed by atoms with E-state index >= 15 is 0 Å². The molecule has 1 saturated carbocycles. The standard InChI is InChI=1S/C12H14ClN3O3/c1-15(8-4-2-3-5-8)12(17)9-6-7-14-11(13)10(9)16(18)19/h6-8H,2-5H2,1H3. The van der Waals surface area contributed by atoms with Crippen LogP contribution in [-0.2, 0) is 0 Å². The molecular formula is C12H14ClN3O3. The first kappa shape index (κ1) is 13.7. The van der Waals surface area contributed by atoms with Gasteiger partial charge in [-0.05, 0) is 18.9 Å². The van der Waals surface area contributed by atoms with Gasteiger partial charge >= 0.3 is 5.69 Å². The Morgan fingerprint density at radius 2 is 2.16 bits per heavy atom. The van der Waals surface area contributed by atoms with Crippen LogP contribution in [0.5, 0.6) is 0 Å². The first-order valence-electron chi connectivity index (χ1n) is 6.08. The van der Waals surface area contributed by atoms with Gasteiger partial charge in [0.2, 0.25) is 5.15 Å². The highest BCUT2D eigenvalue weighted by Gasteiger charge is 2.30. The zero-order valence-corrected chi connectivity index (χ0v) is 11.3. The summed E-state index contributed by atoms with van der Waals surface area (Å²) >= 11 is 5.71. The maximum atomic E-state index is 12.3. The Kier molecular flexibility index (Phi) is 3.99. The minimum Gasteiger partial charge on any atom is -0.339 e. The quantitative estimate of drug-likeness (QED) is 0.485. The van der Waals surface area contributed by atoms with E-state index in [-0.39, 0.29) is 22.7 Å². The van der Waals surface area contributed by atoms with Crippen LogP contribution in [0.2, 0.25) is 5.15 Å². The zero-order valence-electron chi connectivity index (χ0n) is 10.5. The molecule has 1 aliphatic carbocycles. The SMILES string of the molecule is CN(C(=O)c1ccnc(Cl)c1[N+](=O)[O-])C1CCCC1. The number of halogens is 1. The Labute approximate surface area is 115 Å². The summed E-state index contributed by atoms with van der Waals surface area (Å²) in [6.45, 7) is 0. The van der Waals surface area contributed by atoms with E-state index in [1.807, 2.05) is 0 Å². The molecule has 0 bridgehead atoms. The van der Waals surface area contributed by atoms with Gasteiger partial charge in [0.25, 0.3) is 5.91 Å². The van der Waals surface area contributed by atoms with Gasteiger partial charge in [-0.3, -0.25) is 14.9 Å². The number of pyridine rings is 1. The average Bonchev–Trinajstić information content (AvgIpc) is 2.90. The van der Waals surface area contributed by atoms with E-state index in [1.165, 1.54) is 12.3 Å². The number of hydrogen-bond donors (Lipinski definition) is 0. The summed E-state index contributed by atoms with van der Waals surface area (Å²) in [6.07, 6.45) is 5.36. The van der Waals surface area contributed by atoms with Gasteiger partial charge in [0.1, 0.15) is 5.56 Å². The predicted octanol–water partition coefficient (Wildman–Crippen LogP) is 2.66. The molecule has 0 aliphatic heterocycles. The third-order valence-corrected chi connectivity index (χ3v) is 3.76. The Balaban J connectivity index is 2.33. The van der Waals surface area contributed by atoms with Crippen LogP contribution in [0.1, 0.15) is 36.0 Å². The van der Waals surface area contributed by atoms with Crippen molar-refractivity contribution >= 4 is 23.2 Å². The van der Waals surface area contributed by atoms with Crippen LogP contribution in [0.4, 0.5) is 5.69 Å². The summed E-state index contributed by atoms with van der Waals surface area (Å²) < 4.78 is 0. The lowest BCUT2D eigenvalue weighted by atomic mass is 10.1. The van der Waals surface area contributed by atoms with Crippen LogP contribution in [0.25, 0.3) is 0 Å². The van der Waals surface area contributed by atoms with Crippen LogP contribution in [0.15, 0.2) is 12.3 Å². The van der Waals surface area contributed by atoms with Gasteiger partial charge in [-0.2, -0.15) is 0 Å². The number of amides is 1. The molecule has 1 fully saturated rings. The molecule has 1 heterocycles. The first-order chi connectivity index (χ1) is 9.02. The minimum absolute atomic E-state index is 0.000556. The maximum Gasteiger partial charge on any atom is 0.319 e. The molecule has 1 aromatic heterocycles. The van der Waals surface area contributed by atoms with Crippen molar-refractivity contribution in [3.8, 4) is 0 Å². The van der Waals surface area contributed by atoms with Crippen molar-refractivity contribution in [3.63, 3.8) is 0 Å². The highest BCUT2D eigenvalue weighted by Crippen LogP contribution is 2.29. The molecule has 0 radical (unpaired) electrons. The van der Waals surface area contributed by atoms with Crippen LogP contribution in [0.3, 0.4) is 0 Å². The molecule has 7 heteroatoms. The van der Waals surface area contributed by atoms with Crippen molar-refractivity contribution in [2.24, 2.45) is 0 Å². The van der Waals surface area contributed by atoms with Gasteiger partial charge in [-0.25, -0.2) is 4.98 Å². The van der Waals surface area contributed by atoms with Crippen LogP contribution in [0, 0.1) is 10.1 Å². The van der Waals surface area contributed by atoms with Gasteiger partial charge in [0, 0.05) is 19.3 Å². The fourth-order valence-electron chi connectivity index (χ4n) is 2.42. The van der Waals surface area contributed by atoms with Gasteiger partial charge in [-0.15, -0.1) is 0 Å². The van der Waals surface area contributed by atoms with Gasteiger partial charge in [0.15, 0.2) is 0 Å². The second kappa shape index (κ2) is 5.52. The number of nitro groups is 1. The molecule has 0 atom stereocenters. The fourth-order valence-corrected chi connectivity index (χ4v) is 2.65. The third-order valence-electron chi connectivity index (χ3n) is 3.49. The fraction of sp³-hybridized carbons (Fsp3) is 0.500. The minimum atomic E-state index is -0.662. The smallest absolute Gasteiger partial charge is 0.319 e. The highest BCUT2D eigenvalue weighted by atomic mass is 35.5. The molecular weight excluding hydrogens is 270 g/mol. The van der Waals surface area contributed by atoms with Crippen LogP contribution in [-0.4, -0.2) is 33.8 Å². The lowest BCUT2D eigenvalue weighted by molar-refractivity contribution is -0.385. The molecule has 2 rings (SSSR count). The second-order valence-electron chi connectivity index (χ2n) is 4.61. The summed E-state index contributed by atoms with van der Waals surface area (Å²) in [4.78, 5) is 27.9. The molecule has 0 saturated heterocycles. The van der Waals surface area contributed by atoms with E-state index in [2.05, 4.69) is 4.98 Å². The number of hydrogen-bond acceptors (Lipinski definition) is 4. The van der Waals surface area contributed by atoms with E-state index in [0.717, 1.165) is 25.7 Å². The van der Waals surface area contributed by atoms with Crippen molar-refractivity contribution in [2.75, 3.05) is 7.05 Å². The molecule has 19 heavy (non-hydrogen) atoms. The molecule has 1 aromatic rings. The topological polar surface area (TPSA) is 76.3 Å². The number of carbonyl (C=O) groups is 1. The van der Waals surface area contributed by atoms with Crippen LogP contribution < -0.4 is 0 Å². The summed E-state index contributed by atoms with van der Waals surface area (Å²) in [5, 5.41) is 10.7. The molecule has 0 spiro atoms. The van der Waals surface area contributed by atoms with Crippen LogP contribution >= 0.6 is 11.6 Å². The number of carbonyl (C=O) groups excluding carboxylic acids is 1. The Bertz CT molecular complexity index is 515. The maximum absolute atomic E-state index is 12.3. The molecule has 102 valence electrons. The van der Waals surface area contributed by atoms with E-state index in [4.69, 9.17) is 11.6 Å². The molecule has 1 aliphatic rings. The Morgan fingerprint density at radius 1 is 1.53 bits per heavy atom.